The zero-order valence-electron chi connectivity index (χ0n) is 14.0. The highest BCUT2D eigenvalue weighted by molar-refractivity contribution is 6.08. The number of carbonyl (C=O) groups is 2. The Balaban J connectivity index is 1.55. The normalized spacial score (nSPS) is 15.5. The number of hydrogen-bond donors (Lipinski definition) is 1. The first kappa shape index (κ1) is 16.3. The fourth-order valence-electron chi connectivity index (χ4n) is 3.41. The van der Waals surface area contributed by atoms with Gasteiger partial charge in [-0.15, -0.1) is 0 Å². The Kier molecular flexibility index (Phi) is 4.13. The number of benzene rings is 2. The largest absolute Gasteiger partial charge is 0.341 e. The van der Waals surface area contributed by atoms with E-state index in [0.29, 0.717) is 29.9 Å². The third kappa shape index (κ3) is 2.92. The van der Waals surface area contributed by atoms with E-state index in [1.54, 1.807) is 18.2 Å². The van der Waals surface area contributed by atoms with E-state index < -0.39 is 0 Å². The molecule has 1 atom stereocenters. The van der Waals surface area contributed by atoms with Crippen LogP contribution in [-0.2, 0) is 11.3 Å². The molecule has 4 nitrogen and oxygen atoms in total. The van der Waals surface area contributed by atoms with E-state index in [-0.39, 0.29) is 23.4 Å². The van der Waals surface area contributed by atoms with Gasteiger partial charge in [-0.3, -0.25) is 9.59 Å². The van der Waals surface area contributed by atoms with E-state index in [9.17, 15) is 14.0 Å². The topological polar surface area (TPSA) is 51.1 Å². The van der Waals surface area contributed by atoms with Crippen molar-refractivity contribution in [2.24, 2.45) is 0 Å². The summed E-state index contributed by atoms with van der Waals surface area (Å²) in [7, 11) is 0. The maximum absolute atomic E-state index is 13.0. The van der Waals surface area contributed by atoms with Gasteiger partial charge < -0.3 is 9.88 Å². The number of fused-ring (bicyclic) bond motifs is 1. The van der Waals surface area contributed by atoms with E-state index in [4.69, 9.17) is 0 Å². The highest BCUT2D eigenvalue weighted by atomic mass is 19.1. The van der Waals surface area contributed by atoms with Crippen molar-refractivity contribution in [3.8, 4) is 0 Å². The van der Waals surface area contributed by atoms with Crippen molar-refractivity contribution in [1.29, 1.82) is 0 Å². The summed E-state index contributed by atoms with van der Waals surface area (Å²) in [6.45, 7) is 0.623. The quantitative estimate of drug-likeness (QED) is 0.725. The monoisotopic (exact) mass is 348 g/mol. The molecule has 1 amide bonds. The number of ketones is 1. The average Bonchev–Trinajstić information content (AvgIpc) is 3.26. The molecule has 1 aliphatic heterocycles. The molecule has 0 saturated carbocycles. The molecule has 2 aromatic carbocycles. The van der Waals surface area contributed by atoms with E-state index in [2.05, 4.69) is 5.32 Å². The van der Waals surface area contributed by atoms with Gasteiger partial charge in [0.25, 0.3) is 0 Å². The predicted molar refractivity (Wildman–Crippen MR) is 96.7 cm³/mol. The van der Waals surface area contributed by atoms with Crippen LogP contribution in [0.5, 0.6) is 0 Å². The molecule has 0 radical (unpaired) electrons. The van der Waals surface area contributed by atoms with Crippen LogP contribution in [0.3, 0.4) is 0 Å². The first-order valence-electron chi connectivity index (χ1n) is 8.49. The van der Waals surface area contributed by atoms with Crippen LogP contribution < -0.4 is 5.32 Å². The summed E-state index contributed by atoms with van der Waals surface area (Å²) in [5, 5.41) is 2.82. The number of nitrogens with zero attached hydrogens (tertiary/aromatic N) is 1. The summed E-state index contributed by atoms with van der Waals surface area (Å²) in [4.78, 5) is 25.3. The Labute approximate surface area is 150 Å². The molecule has 1 aromatic heterocycles. The molecule has 2 heterocycles. The second kappa shape index (κ2) is 6.59. The molecule has 0 unspecified atom stereocenters. The Hall–Kier alpha value is -3.21. The van der Waals surface area contributed by atoms with Crippen LogP contribution >= 0.6 is 0 Å². The minimum atomic E-state index is -0.346. The van der Waals surface area contributed by atoms with Crippen LogP contribution in [0.4, 0.5) is 10.1 Å². The summed E-state index contributed by atoms with van der Waals surface area (Å²) in [6, 6.07) is 18.4. The van der Waals surface area contributed by atoms with Gasteiger partial charge in [-0.1, -0.05) is 30.3 Å². The van der Waals surface area contributed by atoms with Crippen molar-refractivity contribution in [1.82, 2.24) is 4.57 Å². The SMILES string of the molecule is O=C(c1ccccc1)c1ccc2n1CC[C@H]2C(=O)Nc1ccc(F)cc1. The van der Waals surface area contributed by atoms with Crippen molar-refractivity contribution in [3.63, 3.8) is 0 Å². The summed E-state index contributed by atoms with van der Waals surface area (Å²) in [5.41, 5.74) is 2.63. The number of aromatic nitrogens is 1. The molecule has 26 heavy (non-hydrogen) atoms. The molecule has 0 aliphatic carbocycles. The molecule has 1 N–H and O–H groups in total. The van der Waals surface area contributed by atoms with Crippen molar-refractivity contribution >= 4 is 17.4 Å². The minimum absolute atomic E-state index is 0.0450. The van der Waals surface area contributed by atoms with Gasteiger partial charge >= 0.3 is 0 Å². The number of rotatable bonds is 4. The summed E-state index contributed by atoms with van der Waals surface area (Å²) < 4.78 is 14.9. The Morgan fingerprint density at radius 3 is 2.42 bits per heavy atom. The maximum atomic E-state index is 13.0. The highest BCUT2D eigenvalue weighted by Gasteiger charge is 2.31. The van der Waals surface area contributed by atoms with E-state index in [1.165, 1.54) is 24.3 Å². The average molecular weight is 348 g/mol. The molecule has 4 rings (SSSR count). The molecule has 0 saturated heterocycles. The van der Waals surface area contributed by atoms with Crippen LogP contribution in [0, 0.1) is 5.82 Å². The van der Waals surface area contributed by atoms with Gasteiger partial charge in [0, 0.05) is 23.5 Å². The van der Waals surface area contributed by atoms with Gasteiger partial charge in [-0.2, -0.15) is 0 Å². The van der Waals surface area contributed by atoms with Crippen LogP contribution in [0.2, 0.25) is 0 Å². The van der Waals surface area contributed by atoms with Gasteiger partial charge in [-0.25, -0.2) is 4.39 Å². The standard InChI is InChI=1S/C21H17FN2O2/c22-15-6-8-16(9-7-15)23-21(26)17-12-13-24-18(17)10-11-19(24)20(25)14-4-2-1-3-5-14/h1-11,17H,12-13H2,(H,23,26)/t17-/m1/s1. The molecule has 0 fully saturated rings. The van der Waals surface area contributed by atoms with Crippen LogP contribution in [0.1, 0.15) is 34.1 Å². The zero-order chi connectivity index (χ0) is 18.1. The number of anilines is 1. The predicted octanol–water partition coefficient (Wildman–Crippen LogP) is 3.98. The highest BCUT2D eigenvalue weighted by Crippen LogP contribution is 2.32. The second-order valence-electron chi connectivity index (χ2n) is 6.33. The molecule has 130 valence electrons. The third-order valence-corrected chi connectivity index (χ3v) is 4.71. The number of hydrogen-bond acceptors (Lipinski definition) is 2. The smallest absolute Gasteiger partial charge is 0.233 e. The first-order valence-corrected chi connectivity index (χ1v) is 8.49. The van der Waals surface area contributed by atoms with Gasteiger partial charge in [0.15, 0.2) is 0 Å². The van der Waals surface area contributed by atoms with Crippen molar-refractivity contribution < 1.29 is 14.0 Å². The van der Waals surface area contributed by atoms with Crippen molar-refractivity contribution in [2.75, 3.05) is 5.32 Å². The van der Waals surface area contributed by atoms with E-state index in [1.807, 2.05) is 28.8 Å². The number of amides is 1. The third-order valence-electron chi connectivity index (χ3n) is 4.71. The molecule has 0 bridgehead atoms. The molecule has 1 aliphatic rings. The number of nitrogens with one attached hydrogen (secondary N) is 1. The van der Waals surface area contributed by atoms with Crippen LogP contribution in [-0.4, -0.2) is 16.3 Å². The Bertz CT molecular complexity index is 961. The summed E-state index contributed by atoms with van der Waals surface area (Å²) >= 11 is 0. The lowest BCUT2D eigenvalue weighted by molar-refractivity contribution is -0.117. The van der Waals surface area contributed by atoms with Crippen molar-refractivity contribution in [3.05, 3.63) is 89.5 Å². The number of halogens is 1. The molecule has 3 aromatic rings. The zero-order valence-corrected chi connectivity index (χ0v) is 14.0. The minimum Gasteiger partial charge on any atom is -0.341 e. The lowest BCUT2D eigenvalue weighted by Gasteiger charge is -2.10. The van der Waals surface area contributed by atoms with Gasteiger partial charge in [-0.05, 0) is 42.8 Å². The molecular formula is C21H17FN2O2. The fraction of sp³-hybridized carbons (Fsp3) is 0.143. The lowest BCUT2D eigenvalue weighted by atomic mass is 10.0. The van der Waals surface area contributed by atoms with E-state index in [0.717, 1.165) is 5.69 Å². The Morgan fingerprint density at radius 2 is 1.69 bits per heavy atom. The van der Waals surface area contributed by atoms with Gasteiger partial charge in [0.1, 0.15) is 5.82 Å². The van der Waals surface area contributed by atoms with Crippen LogP contribution in [0.25, 0.3) is 0 Å². The Morgan fingerprint density at radius 1 is 0.962 bits per heavy atom. The summed E-state index contributed by atoms with van der Waals surface area (Å²) in [6.07, 6.45) is 0.637. The number of carbonyl (C=O) groups excluding carboxylic acids is 2. The summed E-state index contributed by atoms with van der Waals surface area (Å²) in [5.74, 6) is -0.859. The van der Waals surface area contributed by atoms with Crippen molar-refractivity contribution in [2.45, 2.75) is 18.9 Å². The van der Waals surface area contributed by atoms with Crippen LogP contribution in [0.15, 0.2) is 66.7 Å². The maximum Gasteiger partial charge on any atom is 0.233 e. The second-order valence-corrected chi connectivity index (χ2v) is 6.33. The molecular weight excluding hydrogens is 331 g/mol. The van der Waals surface area contributed by atoms with Gasteiger partial charge in [0.05, 0.1) is 11.6 Å². The lowest BCUT2D eigenvalue weighted by Crippen LogP contribution is -2.19. The fourth-order valence-corrected chi connectivity index (χ4v) is 3.41. The first-order chi connectivity index (χ1) is 12.6. The molecule has 5 heteroatoms. The molecule has 0 spiro atoms. The van der Waals surface area contributed by atoms with E-state index >= 15 is 0 Å². The van der Waals surface area contributed by atoms with Gasteiger partial charge in [0.2, 0.25) is 11.7 Å².